The molecule has 30 heavy (non-hydrogen) atoms. The fourth-order valence-corrected chi connectivity index (χ4v) is 4.22. The Morgan fingerprint density at radius 3 is 2.77 bits per heavy atom. The van der Waals surface area contributed by atoms with Gasteiger partial charge in [-0.1, -0.05) is 12.1 Å². The van der Waals surface area contributed by atoms with Crippen LogP contribution >= 0.6 is 0 Å². The minimum absolute atomic E-state index is 0.0521. The van der Waals surface area contributed by atoms with Crippen LogP contribution in [-0.2, 0) is 4.79 Å². The number of pyridine rings is 1. The largest absolute Gasteiger partial charge is 0.492 e. The van der Waals surface area contributed by atoms with Crippen molar-refractivity contribution in [2.24, 2.45) is 11.3 Å². The number of nitrogens with zero attached hydrogens (tertiary/aromatic N) is 3. The van der Waals surface area contributed by atoms with Gasteiger partial charge >= 0.3 is 0 Å². The second-order valence-corrected chi connectivity index (χ2v) is 7.83. The first-order valence-electron chi connectivity index (χ1n) is 9.64. The molecule has 1 aromatic carbocycles. The summed E-state index contributed by atoms with van der Waals surface area (Å²) in [6.07, 6.45) is 1.49. The molecule has 0 unspecified atom stereocenters. The van der Waals surface area contributed by atoms with Crippen molar-refractivity contribution in [3.05, 3.63) is 53.7 Å². The van der Waals surface area contributed by atoms with Crippen LogP contribution in [0.1, 0.15) is 20.7 Å². The van der Waals surface area contributed by atoms with Gasteiger partial charge in [0.15, 0.2) is 5.78 Å². The molecule has 1 saturated heterocycles. The van der Waals surface area contributed by atoms with E-state index in [1.807, 2.05) is 0 Å². The van der Waals surface area contributed by atoms with Crippen LogP contribution in [0.5, 0.6) is 11.6 Å². The Labute approximate surface area is 174 Å². The molecule has 0 bridgehead atoms. The number of carbonyl (C=O) groups is 3. The molecule has 4 rings (SSSR count). The van der Waals surface area contributed by atoms with Crippen LogP contribution in [0, 0.1) is 11.3 Å². The van der Waals surface area contributed by atoms with Crippen LogP contribution in [0.15, 0.2) is 42.6 Å². The molecule has 8 nitrogen and oxygen atoms in total. The molecule has 1 spiro atoms. The third kappa shape index (κ3) is 3.08. The third-order valence-electron chi connectivity index (χ3n) is 5.83. The lowest BCUT2D eigenvalue weighted by molar-refractivity contribution is -0.135. The smallest absolute Gasteiger partial charge is 0.254 e. The van der Waals surface area contributed by atoms with Crippen molar-refractivity contribution in [1.29, 1.82) is 0 Å². The highest BCUT2D eigenvalue weighted by Crippen LogP contribution is 2.45. The van der Waals surface area contributed by atoms with Crippen LogP contribution < -0.4 is 9.47 Å². The summed E-state index contributed by atoms with van der Waals surface area (Å²) in [5.41, 5.74) is -0.289. The normalized spacial score (nSPS) is 22.4. The predicted molar refractivity (Wildman–Crippen MR) is 108 cm³/mol. The summed E-state index contributed by atoms with van der Waals surface area (Å²) < 4.78 is 11.0. The number of benzene rings is 1. The van der Waals surface area contributed by atoms with Crippen molar-refractivity contribution in [2.45, 2.75) is 0 Å². The average Bonchev–Trinajstić information content (AvgIpc) is 3.15. The standard InChI is InChI=1S/C22H23N3O5/c1-24(2)21(28)16-11-25(20(27)14-8-9-23-18(10-14)29-3)12-22(16)13-30-17-7-5-4-6-15(17)19(22)26/h4-10,16H,11-13H2,1-3H3/t16-,22-/m1/s1. The maximum atomic E-state index is 13.6. The number of Topliss-reactive ketones (excluding diaryl/α,β-unsaturated/α-hetero) is 1. The molecule has 156 valence electrons. The summed E-state index contributed by atoms with van der Waals surface area (Å²) in [4.78, 5) is 46.8. The summed E-state index contributed by atoms with van der Waals surface area (Å²) in [6.45, 7) is 0.294. The number of aromatic nitrogens is 1. The van der Waals surface area contributed by atoms with Gasteiger partial charge in [0, 0.05) is 45.0 Å². The summed E-state index contributed by atoms with van der Waals surface area (Å²) in [7, 11) is 4.77. The van der Waals surface area contributed by atoms with Crippen LogP contribution in [0.3, 0.4) is 0 Å². The van der Waals surface area contributed by atoms with Gasteiger partial charge in [0.2, 0.25) is 11.8 Å². The summed E-state index contributed by atoms with van der Waals surface area (Å²) in [6, 6.07) is 10.1. The number of ketones is 1. The topological polar surface area (TPSA) is 89.0 Å². The molecule has 0 radical (unpaired) electrons. The number of rotatable bonds is 3. The second kappa shape index (κ2) is 7.44. The molecule has 0 N–H and O–H groups in total. The number of amides is 2. The molecule has 1 aromatic heterocycles. The number of carbonyl (C=O) groups excluding carboxylic acids is 3. The minimum atomic E-state index is -1.12. The highest BCUT2D eigenvalue weighted by atomic mass is 16.5. The number of fused-ring (bicyclic) bond motifs is 1. The van der Waals surface area contributed by atoms with Crippen LogP contribution in [0.25, 0.3) is 0 Å². The van der Waals surface area contributed by atoms with Crippen molar-refractivity contribution in [2.75, 3.05) is 40.9 Å². The van der Waals surface area contributed by atoms with Crippen LogP contribution in [-0.4, -0.2) is 73.3 Å². The van der Waals surface area contributed by atoms with Gasteiger partial charge in [0.05, 0.1) is 24.0 Å². The Bertz CT molecular complexity index is 1020. The zero-order chi connectivity index (χ0) is 21.5. The van der Waals surface area contributed by atoms with E-state index in [-0.39, 0.29) is 37.3 Å². The number of para-hydroxylation sites is 1. The minimum Gasteiger partial charge on any atom is -0.492 e. The Morgan fingerprint density at radius 1 is 1.27 bits per heavy atom. The molecule has 1 fully saturated rings. The van der Waals surface area contributed by atoms with Gasteiger partial charge in [-0.2, -0.15) is 0 Å². The maximum absolute atomic E-state index is 13.6. The van der Waals surface area contributed by atoms with E-state index in [0.717, 1.165) is 0 Å². The zero-order valence-corrected chi connectivity index (χ0v) is 17.1. The van der Waals surface area contributed by atoms with Gasteiger partial charge in [-0.3, -0.25) is 14.4 Å². The van der Waals surface area contributed by atoms with Crippen molar-refractivity contribution in [3.63, 3.8) is 0 Å². The van der Waals surface area contributed by atoms with E-state index < -0.39 is 11.3 Å². The van der Waals surface area contributed by atoms with Gasteiger partial charge in [-0.25, -0.2) is 4.98 Å². The molecule has 8 heteroatoms. The Hall–Kier alpha value is -3.42. The molecule has 2 amide bonds. The molecule has 2 aromatic rings. The van der Waals surface area contributed by atoms with Gasteiger partial charge in [0.25, 0.3) is 5.91 Å². The predicted octanol–water partition coefficient (Wildman–Crippen LogP) is 1.51. The lowest BCUT2D eigenvalue weighted by atomic mass is 9.71. The Kier molecular flexibility index (Phi) is 4.93. The van der Waals surface area contributed by atoms with Crippen molar-refractivity contribution in [3.8, 4) is 11.6 Å². The molecular formula is C22H23N3O5. The van der Waals surface area contributed by atoms with Crippen molar-refractivity contribution in [1.82, 2.24) is 14.8 Å². The van der Waals surface area contributed by atoms with Gasteiger partial charge in [-0.15, -0.1) is 0 Å². The molecule has 2 aliphatic rings. The highest BCUT2D eigenvalue weighted by Gasteiger charge is 2.59. The molecule has 0 saturated carbocycles. The second-order valence-electron chi connectivity index (χ2n) is 7.83. The number of likely N-dealkylation sites (tertiary alicyclic amines) is 1. The number of methoxy groups -OCH3 is 1. The number of ether oxygens (including phenoxy) is 2. The SMILES string of the molecule is COc1cc(C(=O)N2C[C@H](C(=O)N(C)C)[C@]3(COc4ccccc4C3=O)C2)ccn1. The van der Waals surface area contributed by atoms with E-state index in [2.05, 4.69) is 4.98 Å². The lowest BCUT2D eigenvalue weighted by Gasteiger charge is -2.37. The Balaban J connectivity index is 1.72. The fraction of sp³-hybridized carbons (Fsp3) is 0.364. The molecular weight excluding hydrogens is 386 g/mol. The fourth-order valence-electron chi connectivity index (χ4n) is 4.22. The molecule has 2 atom stereocenters. The zero-order valence-electron chi connectivity index (χ0n) is 17.1. The lowest BCUT2D eigenvalue weighted by Crippen LogP contribution is -2.51. The van der Waals surface area contributed by atoms with E-state index >= 15 is 0 Å². The quantitative estimate of drug-likeness (QED) is 0.764. The number of hydrogen-bond donors (Lipinski definition) is 0. The van der Waals surface area contributed by atoms with E-state index in [1.165, 1.54) is 18.2 Å². The van der Waals surface area contributed by atoms with E-state index in [4.69, 9.17) is 9.47 Å². The first-order valence-corrected chi connectivity index (χ1v) is 9.64. The average molecular weight is 409 g/mol. The maximum Gasteiger partial charge on any atom is 0.254 e. The highest BCUT2D eigenvalue weighted by molar-refractivity contribution is 6.07. The van der Waals surface area contributed by atoms with Crippen LogP contribution in [0.2, 0.25) is 0 Å². The van der Waals surface area contributed by atoms with Gasteiger partial charge < -0.3 is 19.3 Å². The first-order chi connectivity index (χ1) is 14.4. The van der Waals surface area contributed by atoms with E-state index in [0.29, 0.717) is 22.8 Å². The van der Waals surface area contributed by atoms with Gasteiger partial charge in [-0.05, 0) is 18.2 Å². The summed E-state index contributed by atoms with van der Waals surface area (Å²) in [5, 5.41) is 0. The first kappa shape index (κ1) is 19.9. The third-order valence-corrected chi connectivity index (χ3v) is 5.83. The van der Waals surface area contributed by atoms with Gasteiger partial charge in [0.1, 0.15) is 12.4 Å². The van der Waals surface area contributed by atoms with Crippen molar-refractivity contribution < 1.29 is 23.9 Å². The number of hydrogen-bond acceptors (Lipinski definition) is 6. The van der Waals surface area contributed by atoms with Crippen LogP contribution in [0.4, 0.5) is 0 Å². The monoisotopic (exact) mass is 409 g/mol. The molecule has 0 aliphatic carbocycles. The summed E-state index contributed by atoms with van der Waals surface area (Å²) in [5.74, 6) is -0.507. The van der Waals surface area contributed by atoms with E-state index in [9.17, 15) is 14.4 Å². The summed E-state index contributed by atoms with van der Waals surface area (Å²) >= 11 is 0. The molecule has 2 aliphatic heterocycles. The molecule has 3 heterocycles. The van der Waals surface area contributed by atoms with Crippen molar-refractivity contribution >= 4 is 17.6 Å². The van der Waals surface area contributed by atoms with E-state index in [1.54, 1.807) is 55.4 Å². The Morgan fingerprint density at radius 2 is 2.03 bits per heavy atom.